The number of hydrogen-bond acceptors (Lipinski definition) is 4. The highest BCUT2D eigenvalue weighted by atomic mass is 32.2. The summed E-state index contributed by atoms with van der Waals surface area (Å²) in [5.41, 5.74) is 0. The van der Waals surface area contributed by atoms with Crippen molar-refractivity contribution >= 4 is 16.0 Å². The molecule has 0 aliphatic rings. The third kappa shape index (κ3) is 9.00. The summed E-state index contributed by atoms with van der Waals surface area (Å²) in [4.78, 5) is 4.41. The van der Waals surface area contributed by atoms with Crippen LogP contribution in [0.15, 0.2) is 29.3 Å². The average Bonchev–Trinajstić information content (AvgIpc) is 2.61. The van der Waals surface area contributed by atoms with Gasteiger partial charge in [0.05, 0.1) is 12.3 Å². The van der Waals surface area contributed by atoms with Crippen molar-refractivity contribution in [1.82, 2.24) is 15.4 Å². The van der Waals surface area contributed by atoms with E-state index < -0.39 is 15.8 Å². The van der Waals surface area contributed by atoms with Gasteiger partial charge in [-0.05, 0) is 39.3 Å². The van der Waals surface area contributed by atoms with E-state index in [1.807, 2.05) is 13.8 Å². The fraction of sp³-hybridized carbons (Fsp3) is 0.588. The maximum atomic E-state index is 13.6. The van der Waals surface area contributed by atoms with Crippen molar-refractivity contribution in [3.8, 4) is 5.75 Å². The van der Waals surface area contributed by atoms with Crippen LogP contribution in [0.25, 0.3) is 0 Å². The number of rotatable bonds is 11. The number of nitrogens with zero attached hydrogens (tertiary/aromatic N) is 1. The summed E-state index contributed by atoms with van der Waals surface area (Å²) in [5, 5.41) is 6.23. The van der Waals surface area contributed by atoms with Gasteiger partial charge in [0.2, 0.25) is 10.0 Å². The number of ether oxygens (including phenoxy) is 1. The second-order valence-corrected chi connectivity index (χ2v) is 7.75. The fourth-order valence-corrected chi connectivity index (χ4v) is 2.64. The summed E-state index contributed by atoms with van der Waals surface area (Å²) >= 11 is 0. The molecule has 0 saturated carbocycles. The summed E-state index contributed by atoms with van der Waals surface area (Å²) in [6.45, 7) is 7.35. The quantitative estimate of drug-likeness (QED) is 0.303. The summed E-state index contributed by atoms with van der Waals surface area (Å²) < 4.78 is 44.3. The Labute approximate surface area is 155 Å². The Morgan fingerprint density at radius 1 is 1.23 bits per heavy atom. The zero-order valence-electron chi connectivity index (χ0n) is 15.6. The third-order valence-corrected chi connectivity index (χ3v) is 4.77. The molecule has 9 heteroatoms. The van der Waals surface area contributed by atoms with Crippen LogP contribution >= 0.6 is 0 Å². The number of halogens is 1. The predicted octanol–water partition coefficient (Wildman–Crippen LogP) is 1.48. The number of aliphatic imine (C=N–C) groups is 1. The van der Waals surface area contributed by atoms with Gasteiger partial charge in [0.15, 0.2) is 17.5 Å². The van der Waals surface area contributed by atoms with Gasteiger partial charge in [0, 0.05) is 19.6 Å². The van der Waals surface area contributed by atoms with Gasteiger partial charge in [0.1, 0.15) is 6.10 Å². The molecule has 0 bridgehead atoms. The van der Waals surface area contributed by atoms with Crippen molar-refractivity contribution in [2.24, 2.45) is 4.99 Å². The zero-order chi connectivity index (χ0) is 19.4. The number of sulfonamides is 1. The second-order valence-electron chi connectivity index (χ2n) is 5.66. The maximum absolute atomic E-state index is 13.6. The normalized spacial score (nSPS) is 13.3. The molecule has 0 amide bonds. The Bertz CT molecular complexity index is 668. The van der Waals surface area contributed by atoms with Crippen molar-refractivity contribution in [1.29, 1.82) is 0 Å². The number of guanidine groups is 1. The minimum atomic E-state index is -3.16. The Morgan fingerprint density at radius 3 is 2.62 bits per heavy atom. The van der Waals surface area contributed by atoms with E-state index in [0.29, 0.717) is 38.6 Å². The summed E-state index contributed by atoms with van der Waals surface area (Å²) in [6.07, 6.45) is 0.337. The largest absolute Gasteiger partial charge is 0.486 e. The molecule has 0 spiro atoms. The van der Waals surface area contributed by atoms with Crippen LogP contribution in [0.5, 0.6) is 5.75 Å². The highest BCUT2D eigenvalue weighted by Gasteiger charge is 2.08. The molecule has 26 heavy (non-hydrogen) atoms. The first-order valence-electron chi connectivity index (χ1n) is 8.78. The van der Waals surface area contributed by atoms with Crippen molar-refractivity contribution in [2.45, 2.75) is 33.3 Å². The molecular formula is C17H29FN4O3S. The van der Waals surface area contributed by atoms with E-state index in [2.05, 4.69) is 20.3 Å². The van der Waals surface area contributed by atoms with Gasteiger partial charge in [-0.2, -0.15) is 0 Å². The van der Waals surface area contributed by atoms with E-state index in [1.165, 1.54) is 6.07 Å². The van der Waals surface area contributed by atoms with E-state index in [1.54, 1.807) is 25.1 Å². The second kappa shape index (κ2) is 11.7. The van der Waals surface area contributed by atoms with Gasteiger partial charge in [-0.1, -0.05) is 12.1 Å². The molecule has 0 aliphatic heterocycles. The molecule has 1 unspecified atom stereocenters. The zero-order valence-corrected chi connectivity index (χ0v) is 16.4. The van der Waals surface area contributed by atoms with Gasteiger partial charge in [-0.15, -0.1) is 0 Å². The standard InChI is InChI=1S/C17H29FN4O3S/c1-4-19-17(20-11-8-12-22-26(23,24)5-2)21-13-14(3)25-16-10-7-6-9-15(16)18/h6-7,9-10,14,22H,4-5,8,11-13H2,1-3H3,(H2,19,20,21). The summed E-state index contributed by atoms with van der Waals surface area (Å²) in [7, 11) is -3.16. The third-order valence-electron chi connectivity index (χ3n) is 3.36. The van der Waals surface area contributed by atoms with Crippen LogP contribution in [0, 0.1) is 5.82 Å². The van der Waals surface area contributed by atoms with Gasteiger partial charge >= 0.3 is 0 Å². The number of benzene rings is 1. The molecule has 0 radical (unpaired) electrons. The lowest BCUT2D eigenvalue weighted by molar-refractivity contribution is 0.220. The van der Waals surface area contributed by atoms with Crippen LogP contribution in [-0.2, 0) is 10.0 Å². The van der Waals surface area contributed by atoms with Crippen molar-refractivity contribution in [3.63, 3.8) is 0 Å². The molecule has 0 fully saturated rings. The van der Waals surface area contributed by atoms with Crippen molar-refractivity contribution in [3.05, 3.63) is 30.1 Å². The SMILES string of the molecule is CCNC(=NCC(C)Oc1ccccc1F)NCCCNS(=O)(=O)CC. The highest BCUT2D eigenvalue weighted by Crippen LogP contribution is 2.16. The first kappa shape index (κ1) is 22.2. The monoisotopic (exact) mass is 388 g/mol. The van der Waals surface area contributed by atoms with Crippen LogP contribution in [0.3, 0.4) is 0 Å². The smallest absolute Gasteiger partial charge is 0.211 e. The lowest BCUT2D eigenvalue weighted by atomic mass is 10.3. The topological polar surface area (TPSA) is 91.8 Å². The molecule has 1 aromatic carbocycles. The summed E-state index contributed by atoms with van der Waals surface area (Å²) in [6, 6.07) is 6.26. The minimum Gasteiger partial charge on any atom is -0.486 e. The molecule has 1 rings (SSSR count). The van der Waals surface area contributed by atoms with Crippen molar-refractivity contribution in [2.75, 3.05) is 31.9 Å². The first-order valence-corrected chi connectivity index (χ1v) is 10.4. The number of hydrogen-bond donors (Lipinski definition) is 3. The molecule has 148 valence electrons. The lowest BCUT2D eigenvalue weighted by Crippen LogP contribution is -2.39. The Morgan fingerprint density at radius 2 is 1.96 bits per heavy atom. The molecule has 0 aliphatic carbocycles. The van der Waals surface area contributed by atoms with Crippen LogP contribution in [-0.4, -0.2) is 52.4 Å². The van der Waals surface area contributed by atoms with Crippen LogP contribution in [0.2, 0.25) is 0 Å². The van der Waals surface area contributed by atoms with Gasteiger partial charge in [0.25, 0.3) is 0 Å². The van der Waals surface area contributed by atoms with Crippen LogP contribution < -0.4 is 20.1 Å². The van der Waals surface area contributed by atoms with E-state index in [4.69, 9.17) is 4.74 Å². The van der Waals surface area contributed by atoms with E-state index >= 15 is 0 Å². The van der Waals surface area contributed by atoms with E-state index in [9.17, 15) is 12.8 Å². The minimum absolute atomic E-state index is 0.0738. The number of para-hydroxylation sites is 1. The Balaban J connectivity index is 2.41. The van der Waals surface area contributed by atoms with Gasteiger partial charge < -0.3 is 15.4 Å². The molecule has 7 nitrogen and oxygen atoms in total. The molecule has 0 saturated heterocycles. The Hall–Kier alpha value is -1.87. The molecule has 0 aromatic heterocycles. The molecule has 0 heterocycles. The average molecular weight is 389 g/mol. The fourth-order valence-electron chi connectivity index (χ4n) is 1.98. The molecule has 1 aromatic rings. The maximum Gasteiger partial charge on any atom is 0.211 e. The Kier molecular flexibility index (Phi) is 9.97. The highest BCUT2D eigenvalue weighted by molar-refractivity contribution is 7.89. The van der Waals surface area contributed by atoms with Gasteiger partial charge in [-0.3, -0.25) is 0 Å². The van der Waals surface area contributed by atoms with Crippen molar-refractivity contribution < 1.29 is 17.5 Å². The van der Waals surface area contributed by atoms with E-state index in [-0.39, 0.29) is 17.6 Å². The molecule has 1 atom stereocenters. The van der Waals surface area contributed by atoms with Crippen LogP contribution in [0.1, 0.15) is 27.2 Å². The lowest BCUT2D eigenvalue weighted by Gasteiger charge is -2.15. The summed E-state index contributed by atoms with van der Waals surface area (Å²) in [5.74, 6) is 0.485. The number of nitrogens with one attached hydrogen (secondary N) is 3. The van der Waals surface area contributed by atoms with Gasteiger partial charge in [-0.25, -0.2) is 22.5 Å². The molecule has 3 N–H and O–H groups in total. The van der Waals surface area contributed by atoms with Crippen LogP contribution in [0.4, 0.5) is 4.39 Å². The predicted molar refractivity (Wildman–Crippen MR) is 103 cm³/mol. The molecular weight excluding hydrogens is 359 g/mol. The first-order chi connectivity index (χ1) is 12.4. The van der Waals surface area contributed by atoms with E-state index in [0.717, 1.165) is 0 Å².